The molecular formula is C23H24IN5O3S. The second-order valence-electron chi connectivity index (χ2n) is 7.85. The molecule has 2 amide bonds. The van der Waals surface area contributed by atoms with Crippen LogP contribution in [0.2, 0.25) is 0 Å². The van der Waals surface area contributed by atoms with Crippen LogP contribution in [-0.4, -0.2) is 38.9 Å². The topological polar surface area (TPSA) is 89.3 Å². The molecule has 1 aliphatic rings. The van der Waals surface area contributed by atoms with E-state index < -0.39 is 0 Å². The van der Waals surface area contributed by atoms with Gasteiger partial charge in [-0.05, 0) is 78.8 Å². The number of anilines is 2. The van der Waals surface area contributed by atoms with E-state index in [1.54, 1.807) is 4.90 Å². The first-order valence-corrected chi connectivity index (χ1v) is 12.4. The number of benzene rings is 2. The number of hydrogen-bond acceptors (Lipinski definition) is 6. The van der Waals surface area contributed by atoms with E-state index in [1.807, 2.05) is 68.8 Å². The van der Waals surface area contributed by atoms with E-state index in [9.17, 15) is 9.59 Å². The predicted molar refractivity (Wildman–Crippen MR) is 137 cm³/mol. The summed E-state index contributed by atoms with van der Waals surface area (Å²) in [5.41, 5.74) is 3.62. The first-order chi connectivity index (χ1) is 15.8. The van der Waals surface area contributed by atoms with Gasteiger partial charge in [0, 0.05) is 16.3 Å². The zero-order chi connectivity index (χ0) is 23.7. The number of ether oxygens (including phenoxy) is 1. The summed E-state index contributed by atoms with van der Waals surface area (Å²) < 4.78 is 8.51. The molecule has 1 aliphatic heterocycles. The Kier molecular flexibility index (Phi) is 6.94. The third kappa shape index (κ3) is 4.86. The molecule has 0 spiro atoms. The number of para-hydroxylation sites is 2. The van der Waals surface area contributed by atoms with Gasteiger partial charge in [0.25, 0.3) is 5.91 Å². The fourth-order valence-corrected chi connectivity index (χ4v) is 5.54. The van der Waals surface area contributed by atoms with Gasteiger partial charge in [-0.2, -0.15) is 0 Å². The molecule has 2 aromatic carbocycles. The summed E-state index contributed by atoms with van der Waals surface area (Å²) in [4.78, 5) is 26.9. The fourth-order valence-electron chi connectivity index (χ4n) is 3.89. The van der Waals surface area contributed by atoms with E-state index >= 15 is 0 Å². The normalized spacial score (nSPS) is 14.0. The summed E-state index contributed by atoms with van der Waals surface area (Å²) in [5, 5.41) is 12.2. The molecule has 33 heavy (non-hydrogen) atoms. The SMILES string of the molecule is Cc1cc(I)cc(C)c1NC(=O)CSc1nnc([C@@H](C)N2C(=O)COc3ccccc32)n1C. The average molecular weight is 577 g/mol. The van der Waals surface area contributed by atoms with Crippen LogP contribution in [0.3, 0.4) is 0 Å². The molecule has 2 heterocycles. The van der Waals surface area contributed by atoms with Crippen LogP contribution in [0.4, 0.5) is 11.4 Å². The summed E-state index contributed by atoms with van der Waals surface area (Å²) in [7, 11) is 1.84. The van der Waals surface area contributed by atoms with E-state index in [1.165, 1.54) is 11.8 Å². The van der Waals surface area contributed by atoms with Crippen LogP contribution in [0.15, 0.2) is 41.6 Å². The quantitative estimate of drug-likeness (QED) is 0.348. The van der Waals surface area contributed by atoms with Gasteiger partial charge < -0.3 is 14.6 Å². The number of carbonyl (C=O) groups excluding carboxylic acids is 2. The summed E-state index contributed by atoms with van der Waals surface area (Å²) >= 11 is 3.58. The smallest absolute Gasteiger partial charge is 0.265 e. The maximum Gasteiger partial charge on any atom is 0.265 e. The summed E-state index contributed by atoms with van der Waals surface area (Å²) in [6, 6.07) is 11.2. The molecule has 4 rings (SSSR count). The van der Waals surface area contributed by atoms with E-state index in [-0.39, 0.29) is 30.2 Å². The molecule has 1 atom stereocenters. The second kappa shape index (κ2) is 9.72. The van der Waals surface area contributed by atoms with Gasteiger partial charge in [0.2, 0.25) is 5.91 Å². The van der Waals surface area contributed by atoms with Crippen molar-refractivity contribution >= 4 is 57.5 Å². The zero-order valence-corrected chi connectivity index (χ0v) is 21.7. The minimum Gasteiger partial charge on any atom is -0.482 e. The van der Waals surface area contributed by atoms with Gasteiger partial charge in [-0.3, -0.25) is 14.5 Å². The van der Waals surface area contributed by atoms with Crippen molar-refractivity contribution in [2.75, 3.05) is 22.6 Å². The highest BCUT2D eigenvalue weighted by molar-refractivity contribution is 14.1. The number of carbonyl (C=O) groups is 2. The highest BCUT2D eigenvalue weighted by atomic mass is 127. The Labute approximate surface area is 210 Å². The van der Waals surface area contributed by atoms with E-state index in [2.05, 4.69) is 38.1 Å². The van der Waals surface area contributed by atoms with E-state index in [0.717, 1.165) is 20.4 Å². The number of fused-ring (bicyclic) bond motifs is 1. The van der Waals surface area contributed by atoms with Crippen LogP contribution in [-0.2, 0) is 16.6 Å². The van der Waals surface area contributed by atoms with Crippen LogP contribution in [0.25, 0.3) is 0 Å². The maximum atomic E-state index is 12.6. The summed E-state index contributed by atoms with van der Waals surface area (Å²) in [6.07, 6.45) is 0. The van der Waals surface area contributed by atoms with Crippen molar-refractivity contribution in [1.29, 1.82) is 0 Å². The first kappa shape index (κ1) is 23.6. The standard InChI is InChI=1S/C23H24IN5O3S/c1-13-9-16(24)10-14(2)21(13)25-19(30)12-33-23-27-26-22(28(23)4)15(3)29-17-7-5-6-8-18(17)32-11-20(29)31/h5-10,15H,11-12H2,1-4H3,(H,25,30)/t15-/m1/s1. The molecule has 0 radical (unpaired) electrons. The number of hydrogen-bond donors (Lipinski definition) is 1. The van der Waals surface area contributed by atoms with Gasteiger partial charge in [0.15, 0.2) is 17.6 Å². The molecule has 0 saturated carbocycles. The number of nitrogens with zero attached hydrogens (tertiary/aromatic N) is 4. The minimum atomic E-state index is -0.347. The minimum absolute atomic E-state index is 0.0155. The predicted octanol–water partition coefficient (Wildman–Crippen LogP) is 4.25. The van der Waals surface area contributed by atoms with Gasteiger partial charge in [0.1, 0.15) is 5.75 Å². The number of aryl methyl sites for hydroxylation is 2. The molecule has 1 aromatic heterocycles. The molecule has 0 aliphatic carbocycles. The van der Waals surface area contributed by atoms with Gasteiger partial charge in [-0.25, -0.2) is 0 Å². The second-order valence-corrected chi connectivity index (χ2v) is 10.0. The van der Waals surface area contributed by atoms with Gasteiger partial charge >= 0.3 is 0 Å². The van der Waals surface area contributed by atoms with E-state index in [0.29, 0.717) is 22.4 Å². The Hall–Kier alpha value is -2.60. The lowest BCUT2D eigenvalue weighted by atomic mass is 10.1. The van der Waals surface area contributed by atoms with Crippen molar-refractivity contribution in [3.05, 3.63) is 56.9 Å². The highest BCUT2D eigenvalue weighted by Gasteiger charge is 2.32. The van der Waals surface area contributed by atoms with Crippen LogP contribution >= 0.6 is 34.4 Å². The fraction of sp³-hybridized carbons (Fsp3) is 0.304. The molecule has 3 aromatic rings. The van der Waals surface area contributed by atoms with E-state index in [4.69, 9.17) is 4.74 Å². The van der Waals surface area contributed by atoms with Crippen molar-refractivity contribution in [3.63, 3.8) is 0 Å². The Bertz CT molecular complexity index is 1210. The molecular weight excluding hydrogens is 553 g/mol. The van der Waals surface area contributed by atoms with Crippen LogP contribution in [0.5, 0.6) is 5.75 Å². The molecule has 1 N–H and O–H groups in total. The molecule has 0 unspecified atom stereocenters. The van der Waals surface area contributed by atoms with Crippen LogP contribution < -0.4 is 15.0 Å². The zero-order valence-electron chi connectivity index (χ0n) is 18.8. The van der Waals surface area contributed by atoms with Crippen LogP contribution in [0, 0.1) is 17.4 Å². The lowest BCUT2D eigenvalue weighted by Crippen LogP contribution is -2.41. The van der Waals surface area contributed by atoms with Crippen molar-refractivity contribution in [2.45, 2.75) is 32.0 Å². The first-order valence-electron chi connectivity index (χ1n) is 10.4. The highest BCUT2D eigenvalue weighted by Crippen LogP contribution is 2.37. The molecule has 172 valence electrons. The Balaban J connectivity index is 1.46. The number of nitrogens with one attached hydrogen (secondary N) is 1. The summed E-state index contributed by atoms with van der Waals surface area (Å²) in [5.74, 6) is 1.25. The number of aromatic nitrogens is 3. The maximum absolute atomic E-state index is 12.6. The van der Waals surface area contributed by atoms with Crippen LogP contribution in [0.1, 0.15) is 29.9 Å². The Morgan fingerprint density at radius 2 is 1.94 bits per heavy atom. The number of halogens is 1. The molecule has 0 fully saturated rings. The largest absolute Gasteiger partial charge is 0.482 e. The van der Waals surface area contributed by atoms with Crippen molar-refractivity contribution < 1.29 is 14.3 Å². The Morgan fingerprint density at radius 3 is 2.67 bits per heavy atom. The monoisotopic (exact) mass is 577 g/mol. The average Bonchev–Trinajstić information content (AvgIpc) is 3.14. The lowest BCUT2D eigenvalue weighted by molar-refractivity contribution is -0.121. The van der Waals surface area contributed by atoms with Crippen molar-refractivity contribution in [3.8, 4) is 5.75 Å². The summed E-state index contributed by atoms with van der Waals surface area (Å²) in [6.45, 7) is 5.87. The number of rotatable bonds is 6. The number of thioether (sulfide) groups is 1. The van der Waals surface area contributed by atoms with Gasteiger partial charge in [-0.15, -0.1) is 10.2 Å². The van der Waals surface area contributed by atoms with Crippen molar-refractivity contribution in [1.82, 2.24) is 14.8 Å². The lowest BCUT2D eigenvalue weighted by Gasteiger charge is -2.33. The third-order valence-electron chi connectivity index (χ3n) is 5.47. The number of amides is 2. The third-order valence-corrected chi connectivity index (χ3v) is 7.11. The molecule has 0 bridgehead atoms. The van der Waals surface area contributed by atoms with Crippen molar-refractivity contribution in [2.24, 2.45) is 7.05 Å². The molecule has 10 heteroatoms. The Morgan fingerprint density at radius 1 is 1.24 bits per heavy atom. The van der Waals surface area contributed by atoms with Gasteiger partial charge in [-0.1, -0.05) is 23.9 Å². The van der Waals surface area contributed by atoms with Gasteiger partial charge in [0.05, 0.1) is 17.5 Å². The molecule has 0 saturated heterocycles. The molecule has 8 nitrogen and oxygen atoms in total.